The molecule has 7 nitrogen and oxygen atoms in total. The Hall–Kier alpha value is -2.06. The normalized spacial score (nSPS) is 16.4. The van der Waals surface area contributed by atoms with Gasteiger partial charge in [-0.2, -0.15) is 0 Å². The maximum atomic E-state index is 13.6. The van der Waals surface area contributed by atoms with Crippen molar-refractivity contribution in [2.75, 3.05) is 49.5 Å². The van der Waals surface area contributed by atoms with E-state index in [1.54, 1.807) is 11.0 Å². The molecule has 1 fully saturated rings. The van der Waals surface area contributed by atoms with Crippen LogP contribution in [0, 0.1) is 5.82 Å². The van der Waals surface area contributed by atoms with E-state index in [0.717, 1.165) is 5.69 Å². The standard InChI is InChI=1S/C18H28FN3O4/c1-18(2,3)26-17(25)22-8-6-21(7-9-22)16-5-4-13(19)10-15(16)20-11-14(24)12-23/h4-5,10,14,20,23-24H,6-9,11-12H2,1-3H3. The molecule has 1 amide bonds. The van der Waals surface area contributed by atoms with Gasteiger partial charge in [0.05, 0.1) is 24.1 Å². The molecule has 0 aliphatic carbocycles. The van der Waals surface area contributed by atoms with E-state index in [-0.39, 0.29) is 25.1 Å². The number of amides is 1. The fraction of sp³-hybridized carbons (Fsp3) is 0.611. The molecule has 1 aliphatic rings. The van der Waals surface area contributed by atoms with Crippen molar-refractivity contribution in [2.24, 2.45) is 0 Å². The largest absolute Gasteiger partial charge is 0.444 e. The van der Waals surface area contributed by atoms with E-state index in [0.29, 0.717) is 31.9 Å². The van der Waals surface area contributed by atoms with E-state index < -0.39 is 11.7 Å². The number of nitrogens with zero attached hydrogens (tertiary/aromatic N) is 2. The lowest BCUT2D eigenvalue weighted by atomic mass is 10.2. The van der Waals surface area contributed by atoms with Crippen LogP contribution < -0.4 is 10.2 Å². The Balaban J connectivity index is 2.01. The molecule has 3 N–H and O–H groups in total. The van der Waals surface area contributed by atoms with Crippen molar-refractivity contribution in [3.63, 3.8) is 0 Å². The van der Waals surface area contributed by atoms with Crippen LogP contribution in [0.25, 0.3) is 0 Å². The molecule has 1 saturated heterocycles. The van der Waals surface area contributed by atoms with Crippen molar-refractivity contribution in [1.29, 1.82) is 0 Å². The number of anilines is 2. The molecule has 0 saturated carbocycles. The lowest BCUT2D eigenvalue weighted by molar-refractivity contribution is 0.0240. The number of carbonyl (C=O) groups is 1. The van der Waals surface area contributed by atoms with Crippen LogP contribution >= 0.6 is 0 Å². The average Bonchev–Trinajstić information content (AvgIpc) is 2.58. The van der Waals surface area contributed by atoms with Crippen molar-refractivity contribution in [3.05, 3.63) is 24.0 Å². The van der Waals surface area contributed by atoms with Crippen LogP contribution in [0.2, 0.25) is 0 Å². The highest BCUT2D eigenvalue weighted by molar-refractivity contribution is 5.72. The number of hydrogen-bond donors (Lipinski definition) is 3. The Bertz CT molecular complexity index is 613. The molecular weight excluding hydrogens is 341 g/mol. The predicted molar refractivity (Wildman–Crippen MR) is 98.0 cm³/mol. The second kappa shape index (κ2) is 8.55. The van der Waals surface area contributed by atoms with Crippen LogP contribution in [0.3, 0.4) is 0 Å². The second-order valence-electron chi connectivity index (χ2n) is 7.33. The first-order valence-electron chi connectivity index (χ1n) is 8.75. The van der Waals surface area contributed by atoms with E-state index in [4.69, 9.17) is 9.84 Å². The number of carbonyl (C=O) groups excluding carboxylic acids is 1. The van der Waals surface area contributed by atoms with Gasteiger partial charge in [-0.15, -0.1) is 0 Å². The third-order valence-electron chi connectivity index (χ3n) is 3.97. The van der Waals surface area contributed by atoms with Crippen molar-refractivity contribution < 1.29 is 24.1 Å². The van der Waals surface area contributed by atoms with Gasteiger partial charge in [0.2, 0.25) is 0 Å². The van der Waals surface area contributed by atoms with Gasteiger partial charge in [0.1, 0.15) is 11.4 Å². The van der Waals surface area contributed by atoms with E-state index >= 15 is 0 Å². The summed E-state index contributed by atoms with van der Waals surface area (Å²) in [4.78, 5) is 15.9. The minimum Gasteiger partial charge on any atom is -0.444 e. The summed E-state index contributed by atoms with van der Waals surface area (Å²) < 4.78 is 19.0. The first kappa shape index (κ1) is 20.3. The Morgan fingerprint density at radius 3 is 2.54 bits per heavy atom. The molecule has 0 radical (unpaired) electrons. The van der Waals surface area contributed by atoms with E-state index in [2.05, 4.69) is 5.32 Å². The van der Waals surface area contributed by atoms with Crippen LogP contribution in [0.15, 0.2) is 18.2 Å². The van der Waals surface area contributed by atoms with Crippen LogP contribution in [0.5, 0.6) is 0 Å². The Kier molecular flexibility index (Phi) is 6.66. The number of aliphatic hydroxyl groups is 2. The number of ether oxygens (including phenoxy) is 1. The lowest BCUT2D eigenvalue weighted by Crippen LogP contribution is -2.50. The van der Waals surface area contributed by atoms with Crippen molar-refractivity contribution >= 4 is 17.5 Å². The van der Waals surface area contributed by atoms with Crippen molar-refractivity contribution in [2.45, 2.75) is 32.5 Å². The number of aliphatic hydroxyl groups excluding tert-OH is 2. The summed E-state index contributed by atoms with van der Waals surface area (Å²) in [5.74, 6) is -0.387. The summed E-state index contributed by atoms with van der Waals surface area (Å²) in [7, 11) is 0. The summed E-state index contributed by atoms with van der Waals surface area (Å²) in [6, 6.07) is 4.41. The van der Waals surface area contributed by atoms with E-state index in [1.165, 1.54) is 12.1 Å². The molecule has 1 aromatic rings. The second-order valence-corrected chi connectivity index (χ2v) is 7.33. The zero-order valence-electron chi connectivity index (χ0n) is 15.5. The number of hydrogen-bond acceptors (Lipinski definition) is 6. The molecule has 26 heavy (non-hydrogen) atoms. The fourth-order valence-electron chi connectivity index (χ4n) is 2.67. The van der Waals surface area contributed by atoms with Gasteiger partial charge in [0, 0.05) is 32.7 Å². The monoisotopic (exact) mass is 369 g/mol. The van der Waals surface area contributed by atoms with Crippen LogP contribution in [0.1, 0.15) is 20.8 Å². The van der Waals surface area contributed by atoms with Gasteiger partial charge in [0.25, 0.3) is 0 Å². The number of piperazine rings is 1. The quantitative estimate of drug-likeness (QED) is 0.732. The highest BCUT2D eigenvalue weighted by atomic mass is 19.1. The molecule has 1 aromatic carbocycles. The summed E-state index contributed by atoms with van der Waals surface area (Å²) in [5, 5.41) is 21.4. The molecule has 0 aromatic heterocycles. The van der Waals surface area contributed by atoms with E-state index in [1.807, 2.05) is 25.7 Å². The maximum absolute atomic E-state index is 13.6. The molecule has 0 bridgehead atoms. The molecule has 8 heteroatoms. The van der Waals surface area contributed by atoms with Gasteiger partial charge in [0.15, 0.2) is 0 Å². The molecular formula is C18H28FN3O4. The number of halogens is 1. The first-order valence-corrected chi connectivity index (χ1v) is 8.75. The van der Waals surface area contributed by atoms with Crippen molar-refractivity contribution in [1.82, 2.24) is 4.90 Å². The molecule has 1 atom stereocenters. The summed E-state index contributed by atoms with van der Waals surface area (Å²) in [6.45, 7) is 7.42. The first-order chi connectivity index (χ1) is 12.2. The molecule has 1 aliphatic heterocycles. The van der Waals surface area contributed by atoms with Gasteiger partial charge < -0.3 is 30.1 Å². The zero-order chi connectivity index (χ0) is 19.3. The van der Waals surface area contributed by atoms with Gasteiger partial charge in [-0.3, -0.25) is 0 Å². The molecule has 1 heterocycles. The molecule has 0 spiro atoms. The predicted octanol–water partition coefficient (Wildman–Crippen LogP) is 1.65. The fourth-order valence-corrected chi connectivity index (χ4v) is 2.67. The van der Waals surface area contributed by atoms with Crippen LogP contribution in [0.4, 0.5) is 20.6 Å². The van der Waals surface area contributed by atoms with Gasteiger partial charge in [-0.05, 0) is 39.0 Å². The SMILES string of the molecule is CC(C)(C)OC(=O)N1CCN(c2ccc(F)cc2NCC(O)CO)CC1. The maximum Gasteiger partial charge on any atom is 0.410 e. The topological polar surface area (TPSA) is 85.3 Å². The number of rotatable bonds is 5. The molecule has 146 valence electrons. The Morgan fingerprint density at radius 2 is 1.96 bits per heavy atom. The lowest BCUT2D eigenvalue weighted by Gasteiger charge is -2.37. The van der Waals surface area contributed by atoms with Gasteiger partial charge in [-0.1, -0.05) is 0 Å². The highest BCUT2D eigenvalue weighted by Crippen LogP contribution is 2.28. The molecule has 2 rings (SSSR count). The zero-order valence-corrected chi connectivity index (χ0v) is 15.5. The Morgan fingerprint density at radius 1 is 1.31 bits per heavy atom. The Labute approximate surface area is 153 Å². The highest BCUT2D eigenvalue weighted by Gasteiger charge is 2.26. The van der Waals surface area contributed by atoms with E-state index in [9.17, 15) is 14.3 Å². The number of nitrogens with one attached hydrogen (secondary N) is 1. The minimum absolute atomic E-state index is 0.116. The van der Waals surface area contributed by atoms with Crippen LogP contribution in [-0.4, -0.2) is 72.2 Å². The van der Waals surface area contributed by atoms with Gasteiger partial charge in [-0.25, -0.2) is 9.18 Å². The summed E-state index contributed by atoms with van der Waals surface area (Å²) >= 11 is 0. The van der Waals surface area contributed by atoms with Gasteiger partial charge >= 0.3 is 6.09 Å². The molecule has 1 unspecified atom stereocenters. The average molecular weight is 369 g/mol. The third kappa shape index (κ3) is 5.74. The van der Waals surface area contributed by atoms with Crippen molar-refractivity contribution in [3.8, 4) is 0 Å². The summed E-state index contributed by atoms with van der Waals surface area (Å²) in [6.07, 6.45) is -1.25. The minimum atomic E-state index is -0.921. The number of benzene rings is 1. The smallest absolute Gasteiger partial charge is 0.410 e. The van der Waals surface area contributed by atoms with Crippen LogP contribution in [-0.2, 0) is 4.74 Å². The summed E-state index contributed by atoms with van der Waals surface area (Å²) in [5.41, 5.74) is 0.805. The third-order valence-corrected chi connectivity index (χ3v) is 3.97.